The van der Waals surface area contributed by atoms with E-state index < -0.39 is 0 Å². The van der Waals surface area contributed by atoms with Crippen molar-refractivity contribution in [3.8, 4) is 0 Å². The summed E-state index contributed by atoms with van der Waals surface area (Å²) < 4.78 is 0. The Labute approximate surface area is 76.7 Å². The molecule has 0 heteroatoms. The molecule has 0 spiro atoms. The minimum absolute atomic E-state index is 1.03. The van der Waals surface area contributed by atoms with Gasteiger partial charge in [0, 0.05) is 0 Å². The highest BCUT2D eigenvalue weighted by molar-refractivity contribution is 4.86. The van der Waals surface area contributed by atoms with E-state index in [0.29, 0.717) is 0 Å². The van der Waals surface area contributed by atoms with Crippen LogP contribution in [0.4, 0.5) is 0 Å². The minimum atomic E-state index is 1.03. The summed E-state index contributed by atoms with van der Waals surface area (Å²) in [5.74, 6) is 4.27. The van der Waals surface area contributed by atoms with Gasteiger partial charge in [0.1, 0.15) is 0 Å². The molecule has 12 heavy (non-hydrogen) atoms. The van der Waals surface area contributed by atoms with Crippen molar-refractivity contribution in [2.75, 3.05) is 0 Å². The Hall–Kier alpha value is 0. The monoisotopic (exact) mass is 166 g/mol. The first kappa shape index (κ1) is 8.59. The summed E-state index contributed by atoms with van der Waals surface area (Å²) in [7, 11) is 0. The van der Waals surface area contributed by atoms with Gasteiger partial charge in [-0.25, -0.2) is 0 Å². The lowest BCUT2D eigenvalue weighted by Gasteiger charge is -2.43. The molecule has 0 nitrogen and oxygen atoms in total. The quantitative estimate of drug-likeness (QED) is 0.512. The first-order valence-corrected chi connectivity index (χ1v) is 5.79. The van der Waals surface area contributed by atoms with Gasteiger partial charge in [-0.1, -0.05) is 39.5 Å². The summed E-state index contributed by atoms with van der Waals surface area (Å²) in [4.78, 5) is 0. The fraction of sp³-hybridized carbons (Fsp3) is 1.00. The van der Waals surface area contributed by atoms with E-state index in [1.54, 1.807) is 0 Å². The van der Waals surface area contributed by atoms with E-state index in [1.165, 1.54) is 38.5 Å². The van der Waals surface area contributed by atoms with Gasteiger partial charge in [0.05, 0.1) is 0 Å². The molecule has 0 N–H and O–H groups in total. The Morgan fingerprint density at radius 1 is 0.667 bits per heavy atom. The van der Waals surface area contributed by atoms with Gasteiger partial charge in [-0.3, -0.25) is 0 Å². The van der Waals surface area contributed by atoms with E-state index in [1.807, 2.05) is 0 Å². The molecule has 0 aromatic heterocycles. The molecule has 0 saturated heterocycles. The summed E-state index contributed by atoms with van der Waals surface area (Å²) >= 11 is 0. The number of fused-ring (bicyclic) bond motifs is 1. The van der Waals surface area contributed by atoms with Crippen molar-refractivity contribution in [3.63, 3.8) is 0 Å². The third-order valence-electron chi connectivity index (χ3n) is 4.41. The molecule has 0 bridgehead atoms. The summed E-state index contributed by atoms with van der Waals surface area (Å²) in [6.45, 7) is 4.96. The summed E-state index contributed by atoms with van der Waals surface area (Å²) in [6.07, 6.45) is 9.10. The largest absolute Gasteiger partial charge is 0.0622 e. The predicted octanol–water partition coefficient (Wildman–Crippen LogP) is 3.86. The van der Waals surface area contributed by atoms with Crippen molar-refractivity contribution in [3.05, 3.63) is 0 Å². The fourth-order valence-corrected chi connectivity index (χ4v) is 3.62. The zero-order valence-corrected chi connectivity index (χ0v) is 8.55. The van der Waals surface area contributed by atoms with Gasteiger partial charge in [0.2, 0.25) is 0 Å². The van der Waals surface area contributed by atoms with Gasteiger partial charge >= 0.3 is 0 Å². The molecular formula is C12H22. The average Bonchev–Trinajstić information content (AvgIpc) is 2.07. The smallest absolute Gasteiger partial charge is 0.0358 e. The van der Waals surface area contributed by atoms with Crippen LogP contribution in [0.2, 0.25) is 0 Å². The average molecular weight is 166 g/mol. The number of rotatable bonds is 0. The van der Waals surface area contributed by atoms with Crippen LogP contribution in [-0.2, 0) is 0 Å². The van der Waals surface area contributed by atoms with Crippen LogP contribution in [0.15, 0.2) is 0 Å². The topological polar surface area (TPSA) is 0 Å². The Balaban J connectivity index is 2.05. The highest BCUT2D eigenvalue weighted by Gasteiger charge is 2.35. The van der Waals surface area contributed by atoms with Crippen LogP contribution in [0, 0.1) is 23.7 Å². The molecule has 4 unspecified atom stereocenters. The van der Waals surface area contributed by atoms with Gasteiger partial charge in [0.15, 0.2) is 0 Å². The highest BCUT2D eigenvalue weighted by Crippen LogP contribution is 2.46. The van der Waals surface area contributed by atoms with Crippen LogP contribution in [0.25, 0.3) is 0 Å². The van der Waals surface area contributed by atoms with Gasteiger partial charge in [0.25, 0.3) is 0 Å². The zero-order chi connectivity index (χ0) is 8.55. The Bertz CT molecular complexity index is 132. The first-order valence-electron chi connectivity index (χ1n) is 5.79. The number of hydrogen-bond acceptors (Lipinski definition) is 0. The second-order valence-corrected chi connectivity index (χ2v) is 5.14. The lowest BCUT2D eigenvalue weighted by molar-refractivity contribution is 0.0702. The van der Waals surface area contributed by atoms with E-state index in [2.05, 4.69) is 13.8 Å². The van der Waals surface area contributed by atoms with E-state index in [4.69, 9.17) is 0 Å². The molecule has 0 aliphatic heterocycles. The van der Waals surface area contributed by atoms with Crippen LogP contribution >= 0.6 is 0 Å². The normalized spacial score (nSPS) is 48.5. The predicted molar refractivity (Wildman–Crippen MR) is 53.0 cm³/mol. The third-order valence-corrected chi connectivity index (χ3v) is 4.41. The molecule has 2 aliphatic rings. The number of hydrogen-bond donors (Lipinski definition) is 0. The van der Waals surface area contributed by atoms with Crippen LogP contribution in [-0.4, -0.2) is 0 Å². The second kappa shape index (κ2) is 3.40. The molecule has 0 aromatic carbocycles. The van der Waals surface area contributed by atoms with Crippen molar-refractivity contribution in [1.29, 1.82) is 0 Å². The van der Waals surface area contributed by atoms with E-state index in [-0.39, 0.29) is 0 Å². The molecule has 2 aliphatic carbocycles. The maximum absolute atomic E-state index is 2.48. The summed E-state index contributed by atoms with van der Waals surface area (Å²) in [5.41, 5.74) is 0. The molecule has 0 amide bonds. The van der Waals surface area contributed by atoms with Gasteiger partial charge in [-0.05, 0) is 36.5 Å². The van der Waals surface area contributed by atoms with Crippen molar-refractivity contribution in [2.45, 2.75) is 52.4 Å². The standard InChI is InChI=1S/C12H22/c1-9-5-3-8-12-10(2)6-4-7-11(9)12/h9-12H,3-8H2,1-2H3. The maximum atomic E-state index is 2.48. The Morgan fingerprint density at radius 2 is 1.08 bits per heavy atom. The van der Waals surface area contributed by atoms with E-state index >= 15 is 0 Å². The van der Waals surface area contributed by atoms with Gasteiger partial charge in [-0.15, -0.1) is 0 Å². The lowest BCUT2D eigenvalue weighted by Crippen LogP contribution is -2.34. The van der Waals surface area contributed by atoms with E-state index in [0.717, 1.165) is 23.7 Å². The van der Waals surface area contributed by atoms with Crippen LogP contribution in [0.3, 0.4) is 0 Å². The molecule has 2 fully saturated rings. The molecular weight excluding hydrogens is 144 g/mol. The zero-order valence-electron chi connectivity index (χ0n) is 8.55. The molecule has 0 radical (unpaired) electrons. The van der Waals surface area contributed by atoms with Crippen LogP contribution in [0.5, 0.6) is 0 Å². The summed E-state index contributed by atoms with van der Waals surface area (Å²) in [5, 5.41) is 0. The minimum Gasteiger partial charge on any atom is -0.0622 e. The second-order valence-electron chi connectivity index (χ2n) is 5.14. The molecule has 2 rings (SSSR count). The lowest BCUT2D eigenvalue weighted by atomic mass is 9.62. The van der Waals surface area contributed by atoms with Crippen molar-refractivity contribution in [2.24, 2.45) is 23.7 Å². The molecule has 4 atom stereocenters. The molecule has 0 aromatic rings. The molecule has 2 saturated carbocycles. The van der Waals surface area contributed by atoms with Crippen molar-refractivity contribution in [1.82, 2.24) is 0 Å². The van der Waals surface area contributed by atoms with Crippen LogP contribution < -0.4 is 0 Å². The highest BCUT2D eigenvalue weighted by atomic mass is 14.4. The Morgan fingerprint density at radius 3 is 1.50 bits per heavy atom. The van der Waals surface area contributed by atoms with Crippen LogP contribution in [0.1, 0.15) is 52.4 Å². The summed E-state index contributed by atoms with van der Waals surface area (Å²) in [6, 6.07) is 0. The maximum Gasteiger partial charge on any atom is -0.0358 e. The van der Waals surface area contributed by atoms with Crippen molar-refractivity contribution < 1.29 is 0 Å². The van der Waals surface area contributed by atoms with Gasteiger partial charge < -0.3 is 0 Å². The Kier molecular flexibility index (Phi) is 2.43. The molecule has 0 heterocycles. The third kappa shape index (κ3) is 1.41. The van der Waals surface area contributed by atoms with E-state index in [9.17, 15) is 0 Å². The fourth-order valence-electron chi connectivity index (χ4n) is 3.62. The SMILES string of the molecule is CC1CCCC2C(C)CCCC12. The molecule has 70 valence electrons. The van der Waals surface area contributed by atoms with Crippen molar-refractivity contribution >= 4 is 0 Å². The first-order chi connectivity index (χ1) is 5.79. The van der Waals surface area contributed by atoms with Gasteiger partial charge in [-0.2, -0.15) is 0 Å².